The zero-order valence-electron chi connectivity index (χ0n) is 13.5. The number of para-hydroxylation sites is 1. The van der Waals surface area contributed by atoms with Crippen molar-refractivity contribution in [3.8, 4) is 0 Å². The molecule has 0 amide bonds. The van der Waals surface area contributed by atoms with Crippen molar-refractivity contribution in [1.29, 1.82) is 0 Å². The van der Waals surface area contributed by atoms with Crippen LogP contribution in [0.3, 0.4) is 0 Å². The van der Waals surface area contributed by atoms with Gasteiger partial charge >= 0.3 is 6.18 Å². The maximum Gasteiger partial charge on any atom is 0.416 e. The van der Waals surface area contributed by atoms with Crippen molar-refractivity contribution < 1.29 is 13.2 Å². The molecule has 1 aliphatic heterocycles. The lowest BCUT2D eigenvalue weighted by Gasteiger charge is -2.18. The van der Waals surface area contributed by atoms with Crippen LogP contribution in [-0.4, -0.2) is 21.7 Å². The number of nitrogens with zero attached hydrogens (tertiary/aromatic N) is 4. The van der Waals surface area contributed by atoms with E-state index in [1.807, 2.05) is 23.1 Å². The minimum Gasteiger partial charge on any atom is -0.324 e. The number of rotatable bonds is 3. The molecule has 1 N–H and O–H groups in total. The van der Waals surface area contributed by atoms with E-state index in [1.165, 1.54) is 17.7 Å². The Hall–Kier alpha value is -3.16. The third-order valence-electron chi connectivity index (χ3n) is 4.18. The van der Waals surface area contributed by atoms with Crippen LogP contribution < -0.4 is 10.2 Å². The van der Waals surface area contributed by atoms with E-state index in [0.717, 1.165) is 30.8 Å². The maximum absolute atomic E-state index is 12.6. The van der Waals surface area contributed by atoms with Gasteiger partial charge in [-0.25, -0.2) is 0 Å². The second-order valence-electron chi connectivity index (χ2n) is 5.87. The monoisotopic (exact) mass is 357 g/mol. The average molecular weight is 357 g/mol. The summed E-state index contributed by atoms with van der Waals surface area (Å²) in [6, 6.07) is 12.8. The van der Waals surface area contributed by atoms with Gasteiger partial charge in [0.15, 0.2) is 5.82 Å². The van der Waals surface area contributed by atoms with Crippen LogP contribution in [0.15, 0.2) is 54.7 Å². The van der Waals surface area contributed by atoms with Crippen LogP contribution in [0.25, 0.3) is 0 Å². The van der Waals surface area contributed by atoms with Gasteiger partial charge in [-0.3, -0.25) is 0 Å². The molecule has 2 aromatic carbocycles. The van der Waals surface area contributed by atoms with Crippen molar-refractivity contribution >= 4 is 23.1 Å². The fourth-order valence-corrected chi connectivity index (χ4v) is 2.93. The van der Waals surface area contributed by atoms with E-state index in [2.05, 4.69) is 26.6 Å². The molecule has 0 aliphatic carbocycles. The first kappa shape index (κ1) is 16.3. The molecule has 1 aromatic heterocycles. The molecule has 2 heterocycles. The number of halogens is 3. The summed E-state index contributed by atoms with van der Waals surface area (Å²) in [6.45, 7) is 0.789. The number of hydrogen-bond donors (Lipinski definition) is 1. The van der Waals surface area contributed by atoms with Crippen molar-refractivity contribution in [3.63, 3.8) is 0 Å². The first-order chi connectivity index (χ1) is 12.5. The summed E-state index contributed by atoms with van der Waals surface area (Å²) < 4.78 is 37.9. The predicted molar refractivity (Wildman–Crippen MR) is 91.7 cm³/mol. The highest BCUT2D eigenvalue weighted by molar-refractivity contribution is 5.67. The molecule has 5 nitrogen and oxygen atoms in total. The summed E-state index contributed by atoms with van der Waals surface area (Å²) in [6.07, 6.45) is -1.87. The molecule has 0 radical (unpaired) electrons. The number of hydrogen-bond acceptors (Lipinski definition) is 5. The fourth-order valence-electron chi connectivity index (χ4n) is 2.93. The summed E-state index contributed by atoms with van der Waals surface area (Å²) in [5, 5.41) is 10.8. The summed E-state index contributed by atoms with van der Waals surface area (Å²) in [5.74, 6) is 0.867. The first-order valence-electron chi connectivity index (χ1n) is 8.00. The highest BCUT2D eigenvalue weighted by Gasteiger charge is 2.30. The fraction of sp³-hybridized carbons (Fsp3) is 0.167. The van der Waals surface area contributed by atoms with Crippen LogP contribution in [0.2, 0.25) is 0 Å². The lowest BCUT2D eigenvalue weighted by atomic mass is 10.2. The molecular weight excluding hydrogens is 343 g/mol. The van der Waals surface area contributed by atoms with Crippen molar-refractivity contribution in [2.75, 3.05) is 16.8 Å². The van der Waals surface area contributed by atoms with Gasteiger partial charge in [0.2, 0.25) is 5.95 Å². The zero-order valence-corrected chi connectivity index (χ0v) is 13.5. The van der Waals surface area contributed by atoms with Crippen LogP contribution in [0, 0.1) is 0 Å². The lowest BCUT2D eigenvalue weighted by Crippen LogP contribution is -2.16. The Labute approximate surface area is 147 Å². The normalized spacial score (nSPS) is 13.6. The molecule has 0 saturated carbocycles. The standard InChI is InChI=1S/C18H14F3N5/c19-18(20,21)13-5-7-14(8-6-13)23-17-24-16(11-22-25-17)26-10-9-12-3-1-2-4-15(12)26/h1-8,11H,9-10H2,(H,23,24,25). The summed E-state index contributed by atoms with van der Waals surface area (Å²) >= 11 is 0. The Morgan fingerprint density at radius 3 is 2.54 bits per heavy atom. The topological polar surface area (TPSA) is 53.9 Å². The molecule has 132 valence electrons. The molecule has 0 spiro atoms. The summed E-state index contributed by atoms with van der Waals surface area (Å²) in [4.78, 5) is 6.48. The third-order valence-corrected chi connectivity index (χ3v) is 4.18. The van der Waals surface area contributed by atoms with E-state index in [1.54, 1.807) is 6.20 Å². The Balaban J connectivity index is 1.55. The van der Waals surface area contributed by atoms with Gasteiger partial charge in [-0.1, -0.05) is 18.2 Å². The molecule has 1 aliphatic rings. The van der Waals surface area contributed by atoms with Gasteiger partial charge in [-0.05, 0) is 42.3 Å². The predicted octanol–water partition coefficient (Wildman–Crippen LogP) is 4.33. The smallest absolute Gasteiger partial charge is 0.324 e. The Morgan fingerprint density at radius 1 is 1.00 bits per heavy atom. The van der Waals surface area contributed by atoms with Gasteiger partial charge in [0.1, 0.15) is 0 Å². The van der Waals surface area contributed by atoms with Crippen molar-refractivity contribution in [2.45, 2.75) is 12.6 Å². The van der Waals surface area contributed by atoms with Crippen LogP contribution in [-0.2, 0) is 12.6 Å². The minimum atomic E-state index is -4.36. The molecule has 4 rings (SSSR count). The third kappa shape index (κ3) is 3.17. The Morgan fingerprint density at radius 2 is 1.77 bits per heavy atom. The molecule has 0 fully saturated rings. The quantitative estimate of drug-likeness (QED) is 0.756. The lowest BCUT2D eigenvalue weighted by molar-refractivity contribution is -0.137. The first-order valence-corrected chi connectivity index (χ1v) is 8.00. The van der Waals surface area contributed by atoms with E-state index < -0.39 is 11.7 Å². The summed E-state index contributed by atoms with van der Waals surface area (Å²) in [7, 11) is 0. The average Bonchev–Trinajstić information content (AvgIpc) is 3.06. The second-order valence-corrected chi connectivity index (χ2v) is 5.87. The van der Waals surface area contributed by atoms with Crippen molar-refractivity contribution in [3.05, 3.63) is 65.9 Å². The Bertz CT molecular complexity index is 925. The van der Waals surface area contributed by atoms with E-state index in [0.29, 0.717) is 11.5 Å². The molecule has 8 heteroatoms. The van der Waals surface area contributed by atoms with Gasteiger partial charge in [0, 0.05) is 17.9 Å². The van der Waals surface area contributed by atoms with Crippen LogP contribution in [0.5, 0.6) is 0 Å². The Kier molecular flexibility index (Phi) is 3.95. The van der Waals surface area contributed by atoms with E-state index >= 15 is 0 Å². The van der Waals surface area contributed by atoms with Gasteiger partial charge in [0.05, 0.1) is 11.8 Å². The van der Waals surface area contributed by atoms with Crippen LogP contribution in [0.4, 0.5) is 36.3 Å². The van der Waals surface area contributed by atoms with Gasteiger partial charge < -0.3 is 10.2 Å². The highest BCUT2D eigenvalue weighted by Crippen LogP contribution is 2.33. The number of alkyl halides is 3. The van der Waals surface area contributed by atoms with Gasteiger partial charge in [0.25, 0.3) is 0 Å². The number of aromatic nitrogens is 3. The number of nitrogens with one attached hydrogen (secondary N) is 1. The molecule has 0 unspecified atom stereocenters. The van der Waals surface area contributed by atoms with Crippen molar-refractivity contribution in [1.82, 2.24) is 15.2 Å². The summed E-state index contributed by atoms with van der Waals surface area (Å²) in [5.41, 5.74) is 2.07. The van der Waals surface area contributed by atoms with E-state index in [4.69, 9.17) is 0 Å². The molecule has 0 atom stereocenters. The largest absolute Gasteiger partial charge is 0.416 e. The molecule has 0 bridgehead atoms. The van der Waals surface area contributed by atoms with E-state index in [-0.39, 0.29) is 5.95 Å². The SMILES string of the molecule is FC(F)(F)c1ccc(Nc2nncc(N3CCc4ccccc43)n2)cc1. The maximum atomic E-state index is 12.6. The molecule has 0 saturated heterocycles. The molecule has 26 heavy (non-hydrogen) atoms. The number of benzene rings is 2. The van der Waals surface area contributed by atoms with Crippen LogP contribution in [0.1, 0.15) is 11.1 Å². The molecular formula is C18H14F3N5. The zero-order chi connectivity index (χ0) is 18.1. The number of anilines is 4. The number of fused-ring (bicyclic) bond motifs is 1. The van der Waals surface area contributed by atoms with Crippen LogP contribution >= 0.6 is 0 Å². The van der Waals surface area contributed by atoms with E-state index in [9.17, 15) is 13.2 Å². The minimum absolute atomic E-state index is 0.228. The highest BCUT2D eigenvalue weighted by atomic mass is 19.4. The second kappa shape index (κ2) is 6.29. The van der Waals surface area contributed by atoms with Crippen molar-refractivity contribution in [2.24, 2.45) is 0 Å². The van der Waals surface area contributed by atoms with Gasteiger partial charge in [-0.2, -0.15) is 23.3 Å². The van der Waals surface area contributed by atoms with Gasteiger partial charge in [-0.15, -0.1) is 5.10 Å². The molecule has 3 aromatic rings.